The number of pyridine rings is 1. The largest absolute Gasteiger partial charge is 0.334 e. The number of aryl methyl sites for hydroxylation is 1. The quantitative estimate of drug-likeness (QED) is 0.909. The Morgan fingerprint density at radius 3 is 2.70 bits per heavy atom. The van der Waals surface area contributed by atoms with E-state index in [1.807, 2.05) is 19.1 Å². The first-order chi connectivity index (χ1) is 9.57. The van der Waals surface area contributed by atoms with Crippen LogP contribution in [0.5, 0.6) is 0 Å². The molecule has 5 heteroatoms. The first kappa shape index (κ1) is 13.2. The molecule has 0 radical (unpaired) electrons. The van der Waals surface area contributed by atoms with Crippen LogP contribution in [0, 0.1) is 12.8 Å². The lowest BCUT2D eigenvalue weighted by Crippen LogP contribution is -2.41. The van der Waals surface area contributed by atoms with Gasteiger partial charge < -0.3 is 10.3 Å². The monoisotopic (exact) mass is 272 g/mol. The third-order valence-electron chi connectivity index (χ3n) is 4.20. The second-order valence-corrected chi connectivity index (χ2v) is 5.95. The Balaban J connectivity index is 1.85. The molecule has 0 aliphatic heterocycles. The summed E-state index contributed by atoms with van der Waals surface area (Å²) in [6, 6.07) is 3.87. The predicted molar refractivity (Wildman–Crippen MR) is 75.8 cm³/mol. The summed E-state index contributed by atoms with van der Waals surface area (Å²) < 4.78 is 5.35. The maximum atomic E-state index is 6.46. The van der Waals surface area contributed by atoms with Crippen LogP contribution in [0.25, 0.3) is 11.5 Å². The Morgan fingerprint density at radius 2 is 2.05 bits per heavy atom. The van der Waals surface area contributed by atoms with Crippen LogP contribution in [0.4, 0.5) is 0 Å². The molecule has 1 fully saturated rings. The number of nitrogens with two attached hydrogens (primary N) is 1. The number of aromatic nitrogens is 3. The van der Waals surface area contributed by atoms with Crippen molar-refractivity contribution >= 4 is 0 Å². The maximum absolute atomic E-state index is 6.46. The summed E-state index contributed by atoms with van der Waals surface area (Å²) in [4.78, 5) is 8.73. The van der Waals surface area contributed by atoms with Crippen molar-refractivity contribution in [2.75, 3.05) is 0 Å². The minimum absolute atomic E-state index is 0.438. The van der Waals surface area contributed by atoms with E-state index in [0.29, 0.717) is 11.7 Å². The highest BCUT2D eigenvalue weighted by Gasteiger charge is 2.36. The van der Waals surface area contributed by atoms with Gasteiger partial charge in [-0.2, -0.15) is 4.98 Å². The molecule has 0 bridgehead atoms. The first-order valence-electron chi connectivity index (χ1n) is 7.13. The Hall–Kier alpha value is -1.75. The van der Waals surface area contributed by atoms with Crippen LogP contribution in [0.15, 0.2) is 22.9 Å². The predicted octanol–water partition coefficient (Wildman–Crippen LogP) is 2.80. The molecule has 2 aromatic rings. The van der Waals surface area contributed by atoms with Crippen LogP contribution in [-0.4, -0.2) is 15.1 Å². The molecule has 106 valence electrons. The topological polar surface area (TPSA) is 77.8 Å². The van der Waals surface area contributed by atoms with Gasteiger partial charge in [0.15, 0.2) is 5.82 Å². The molecule has 3 rings (SSSR count). The van der Waals surface area contributed by atoms with Crippen molar-refractivity contribution in [2.45, 2.75) is 45.1 Å². The zero-order valence-electron chi connectivity index (χ0n) is 12.0. The van der Waals surface area contributed by atoms with Gasteiger partial charge >= 0.3 is 0 Å². The van der Waals surface area contributed by atoms with Gasteiger partial charge in [0.1, 0.15) is 0 Å². The van der Waals surface area contributed by atoms with Crippen molar-refractivity contribution in [1.29, 1.82) is 0 Å². The molecule has 1 saturated carbocycles. The van der Waals surface area contributed by atoms with Crippen molar-refractivity contribution in [3.8, 4) is 11.5 Å². The minimum Gasteiger partial charge on any atom is -0.334 e. The van der Waals surface area contributed by atoms with E-state index >= 15 is 0 Å². The number of hydrogen-bond acceptors (Lipinski definition) is 5. The highest BCUT2D eigenvalue weighted by atomic mass is 16.5. The molecule has 20 heavy (non-hydrogen) atoms. The first-order valence-corrected chi connectivity index (χ1v) is 7.13. The van der Waals surface area contributed by atoms with Gasteiger partial charge in [-0.25, -0.2) is 0 Å². The molecule has 0 atom stereocenters. The summed E-state index contributed by atoms with van der Waals surface area (Å²) in [7, 11) is 0. The lowest BCUT2D eigenvalue weighted by molar-refractivity contribution is 0.230. The molecule has 0 amide bonds. The van der Waals surface area contributed by atoms with Gasteiger partial charge in [-0.15, -0.1) is 0 Å². The maximum Gasteiger partial charge on any atom is 0.259 e. The average Bonchev–Trinajstić information content (AvgIpc) is 2.94. The van der Waals surface area contributed by atoms with Crippen molar-refractivity contribution in [3.05, 3.63) is 29.8 Å². The average molecular weight is 272 g/mol. The van der Waals surface area contributed by atoms with Crippen LogP contribution in [0.3, 0.4) is 0 Å². The molecule has 2 aromatic heterocycles. The van der Waals surface area contributed by atoms with Crippen LogP contribution in [0.1, 0.15) is 44.1 Å². The zero-order chi connectivity index (χ0) is 14.2. The van der Waals surface area contributed by atoms with Crippen molar-refractivity contribution in [3.63, 3.8) is 0 Å². The van der Waals surface area contributed by atoms with Crippen molar-refractivity contribution < 1.29 is 4.52 Å². The number of rotatable bonds is 2. The Bertz CT molecular complexity index is 582. The summed E-state index contributed by atoms with van der Waals surface area (Å²) in [6.45, 7) is 4.21. The van der Waals surface area contributed by atoms with Gasteiger partial charge in [-0.3, -0.25) is 4.98 Å². The van der Waals surface area contributed by atoms with E-state index in [4.69, 9.17) is 10.3 Å². The Labute approximate surface area is 118 Å². The summed E-state index contributed by atoms with van der Waals surface area (Å²) in [5, 5.41) is 4.10. The van der Waals surface area contributed by atoms with Crippen molar-refractivity contribution in [1.82, 2.24) is 15.1 Å². The lowest BCUT2D eigenvalue weighted by atomic mass is 9.77. The second-order valence-electron chi connectivity index (χ2n) is 5.95. The van der Waals surface area contributed by atoms with Gasteiger partial charge in [0.05, 0.1) is 11.1 Å². The van der Waals surface area contributed by atoms with Gasteiger partial charge in [-0.05, 0) is 50.7 Å². The molecular formula is C15H20N4O. The summed E-state index contributed by atoms with van der Waals surface area (Å²) in [5.74, 6) is 1.86. The molecular weight excluding hydrogens is 252 g/mol. The Morgan fingerprint density at radius 1 is 1.30 bits per heavy atom. The van der Waals surface area contributed by atoms with Crippen LogP contribution in [0.2, 0.25) is 0 Å². The van der Waals surface area contributed by atoms with E-state index in [0.717, 1.165) is 42.9 Å². The fourth-order valence-electron chi connectivity index (χ4n) is 2.64. The smallest absolute Gasteiger partial charge is 0.259 e. The molecule has 0 aromatic carbocycles. The number of nitrogens with zero attached hydrogens (tertiary/aromatic N) is 3. The molecule has 1 aliphatic carbocycles. The highest BCUT2D eigenvalue weighted by Crippen LogP contribution is 2.36. The molecule has 0 saturated heterocycles. The molecule has 2 N–H and O–H groups in total. The molecule has 5 nitrogen and oxygen atoms in total. The fourth-order valence-corrected chi connectivity index (χ4v) is 2.64. The van der Waals surface area contributed by atoms with E-state index in [2.05, 4.69) is 22.0 Å². The van der Waals surface area contributed by atoms with Gasteiger partial charge in [-0.1, -0.05) is 12.1 Å². The van der Waals surface area contributed by atoms with Crippen molar-refractivity contribution in [2.24, 2.45) is 11.7 Å². The summed E-state index contributed by atoms with van der Waals surface area (Å²) in [6.07, 6.45) is 5.82. The third-order valence-corrected chi connectivity index (χ3v) is 4.20. The van der Waals surface area contributed by atoms with Gasteiger partial charge in [0, 0.05) is 11.9 Å². The lowest BCUT2D eigenvalue weighted by Gasteiger charge is -2.33. The second kappa shape index (κ2) is 4.98. The van der Waals surface area contributed by atoms with E-state index < -0.39 is 5.54 Å². The van der Waals surface area contributed by atoms with Gasteiger partial charge in [0.25, 0.3) is 5.89 Å². The Kier molecular flexibility index (Phi) is 3.30. The van der Waals surface area contributed by atoms with E-state index in [-0.39, 0.29) is 0 Å². The molecule has 2 heterocycles. The minimum atomic E-state index is -0.438. The summed E-state index contributed by atoms with van der Waals surface area (Å²) >= 11 is 0. The summed E-state index contributed by atoms with van der Waals surface area (Å²) in [5.41, 5.74) is 7.82. The van der Waals surface area contributed by atoms with Crippen LogP contribution < -0.4 is 5.73 Å². The molecule has 0 spiro atoms. The zero-order valence-corrected chi connectivity index (χ0v) is 12.0. The van der Waals surface area contributed by atoms with Gasteiger partial charge in [0.2, 0.25) is 0 Å². The normalized spacial score (nSPS) is 26.6. The highest BCUT2D eigenvalue weighted by molar-refractivity contribution is 5.51. The third kappa shape index (κ3) is 2.45. The molecule has 0 unspecified atom stereocenters. The van der Waals surface area contributed by atoms with E-state index in [1.165, 1.54) is 0 Å². The van der Waals surface area contributed by atoms with Crippen LogP contribution in [-0.2, 0) is 5.54 Å². The number of hydrogen-bond donors (Lipinski definition) is 1. The van der Waals surface area contributed by atoms with E-state index in [9.17, 15) is 0 Å². The van der Waals surface area contributed by atoms with Crippen LogP contribution >= 0.6 is 0 Å². The molecule has 1 aliphatic rings. The SMILES string of the molecule is Cc1ccc(-c2nc(C3(N)CCC(C)CC3)no2)cn1. The fraction of sp³-hybridized carbons (Fsp3) is 0.533. The standard InChI is InChI=1S/C15H20N4O/c1-10-5-7-15(16,8-6-10)14-18-13(20-19-14)12-4-3-11(2)17-9-12/h3-4,9-10H,5-8,16H2,1-2H3. The van der Waals surface area contributed by atoms with E-state index in [1.54, 1.807) is 6.20 Å².